The van der Waals surface area contributed by atoms with E-state index in [0.29, 0.717) is 13.2 Å². The van der Waals surface area contributed by atoms with Crippen molar-refractivity contribution in [2.45, 2.75) is 11.8 Å². The van der Waals surface area contributed by atoms with Crippen LogP contribution < -0.4 is 5.32 Å². The maximum Gasteiger partial charge on any atom is 0.261 e. The summed E-state index contributed by atoms with van der Waals surface area (Å²) >= 11 is 0. The number of rotatable bonds is 6. The minimum atomic E-state index is -4.02. The summed E-state index contributed by atoms with van der Waals surface area (Å²) in [6.45, 7) is 2.65. The minimum Gasteiger partial charge on any atom is -0.384 e. The number of amides is 1. The molecule has 112 valence electrons. The molecular formula is C12H15ClFNO4S. The number of halogens is 2. The highest BCUT2D eigenvalue weighted by atomic mass is 35.7. The van der Waals surface area contributed by atoms with Crippen LogP contribution in [0.25, 0.3) is 0 Å². The zero-order valence-electron chi connectivity index (χ0n) is 11.0. The summed E-state index contributed by atoms with van der Waals surface area (Å²) < 4.78 is 40.7. The molecule has 0 fully saturated rings. The molecule has 0 heterocycles. The maximum atomic E-state index is 13.7. The molecule has 1 rings (SSSR count). The quantitative estimate of drug-likeness (QED) is 0.810. The average Bonchev–Trinajstić information content (AvgIpc) is 2.35. The smallest absolute Gasteiger partial charge is 0.261 e. The summed E-state index contributed by atoms with van der Waals surface area (Å²) in [5, 5.41) is 2.54. The molecule has 0 aromatic heterocycles. The van der Waals surface area contributed by atoms with E-state index in [1.54, 1.807) is 7.11 Å². The van der Waals surface area contributed by atoms with E-state index in [4.69, 9.17) is 15.4 Å². The molecule has 1 aromatic rings. The number of hydrogen-bond donors (Lipinski definition) is 1. The third-order valence-corrected chi connectivity index (χ3v) is 3.88. The van der Waals surface area contributed by atoms with Crippen LogP contribution in [0.4, 0.5) is 4.39 Å². The summed E-state index contributed by atoms with van der Waals surface area (Å²) in [5.74, 6) is -1.48. The van der Waals surface area contributed by atoms with Gasteiger partial charge in [0.25, 0.3) is 15.0 Å². The van der Waals surface area contributed by atoms with E-state index >= 15 is 0 Å². The van der Waals surface area contributed by atoms with Crippen LogP contribution in [0, 0.1) is 11.7 Å². The molecule has 1 amide bonds. The fourth-order valence-electron chi connectivity index (χ4n) is 1.54. The van der Waals surface area contributed by atoms with Gasteiger partial charge < -0.3 is 10.1 Å². The van der Waals surface area contributed by atoms with Crippen molar-refractivity contribution in [2.75, 3.05) is 20.3 Å². The highest BCUT2D eigenvalue weighted by molar-refractivity contribution is 8.13. The first kappa shape index (κ1) is 16.9. The van der Waals surface area contributed by atoms with Gasteiger partial charge in [0, 0.05) is 24.3 Å². The van der Waals surface area contributed by atoms with Crippen LogP contribution in [-0.4, -0.2) is 34.6 Å². The molecule has 0 saturated carbocycles. The molecule has 0 aliphatic heterocycles. The van der Waals surface area contributed by atoms with E-state index in [9.17, 15) is 17.6 Å². The van der Waals surface area contributed by atoms with Gasteiger partial charge in [0.05, 0.1) is 17.1 Å². The molecule has 8 heteroatoms. The van der Waals surface area contributed by atoms with E-state index in [0.717, 1.165) is 18.2 Å². The van der Waals surface area contributed by atoms with Crippen molar-refractivity contribution in [1.29, 1.82) is 0 Å². The Morgan fingerprint density at radius 3 is 2.65 bits per heavy atom. The molecule has 0 saturated heterocycles. The van der Waals surface area contributed by atoms with Crippen LogP contribution in [0.15, 0.2) is 23.1 Å². The topological polar surface area (TPSA) is 72.5 Å². The molecule has 1 unspecified atom stereocenters. The van der Waals surface area contributed by atoms with E-state index < -0.39 is 20.8 Å². The molecule has 0 radical (unpaired) electrons. The third-order valence-electron chi connectivity index (χ3n) is 2.53. The monoisotopic (exact) mass is 323 g/mol. The lowest BCUT2D eigenvalue weighted by molar-refractivity contribution is 0.0930. The van der Waals surface area contributed by atoms with Crippen molar-refractivity contribution >= 4 is 25.6 Å². The van der Waals surface area contributed by atoms with Crippen LogP contribution in [0.1, 0.15) is 17.3 Å². The highest BCUT2D eigenvalue weighted by Crippen LogP contribution is 2.18. The molecule has 1 atom stereocenters. The van der Waals surface area contributed by atoms with Gasteiger partial charge in [-0.05, 0) is 24.1 Å². The number of benzene rings is 1. The number of methoxy groups -OCH3 is 1. The van der Waals surface area contributed by atoms with Crippen molar-refractivity contribution in [1.82, 2.24) is 5.32 Å². The summed E-state index contributed by atoms with van der Waals surface area (Å²) in [4.78, 5) is 11.4. The Kier molecular flexibility index (Phi) is 5.91. The summed E-state index contributed by atoms with van der Waals surface area (Å²) in [5.41, 5.74) is -0.237. The number of nitrogens with one attached hydrogen (secondary N) is 1. The Balaban J connectivity index is 2.80. The Morgan fingerprint density at radius 1 is 1.50 bits per heavy atom. The molecule has 20 heavy (non-hydrogen) atoms. The van der Waals surface area contributed by atoms with Crippen LogP contribution in [0.3, 0.4) is 0 Å². The normalized spacial score (nSPS) is 13.0. The molecule has 1 N–H and O–H groups in total. The Bertz CT molecular complexity index is 591. The number of carbonyl (C=O) groups is 1. The van der Waals surface area contributed by atoms with Gasteiger partial charge in [-0.15, -0.1) is 0 Å². The third kappa shape index (κ3) is 4.73. The van der Waals surface area contributed by atoms with Gasteiger partial charge in [-0.3, -0.25) is 4.79 Å². The molecular weight excluding hydrogens is 309 g/mol. The first-order valence-corrected chi connectivity index (χ1v) is 8.08. The molecule has 5 nitrogen and oxygen atoms in total. The number of carbonyl (C=O) groups excluding carboxylic acids is 1. The van der Waals surface area contributed by atoms with Crippen molar-refractivity contribution in [2.24, 2.45) is 5.92 Å². The van der Waals surface area contributed by atoms with Crippen molar-refractivity contribution in [3.05, 3.63) is 29.6 Å². The molecule has 0 aliphatic carbocycles. The SMILES string of the molecule is COCC(C)CNC(=O)c1ccc(S(=O)(=O)Cl)cc1F. The lowest BCUT2D eigenvalue weighted by atomic mass is 10.1. The van der Waals surface area contributed by atoms with Crippen LogP contribution in [0.5, 0.6) is 0 Å². The second-order valence-electron chi connectivity index (χ2n) is 4.35. The Morgan fingerprint density at radius 2 is 2.15 bits per heavy atom. The average molecular weight is 324 g/mol. The minimum absolute atomic E-state index is 0.0782. The van der Waals surface area contributed by atoms with Gasteiger partial charge in [0.1, 0.15) is 5.82 Å². The molecule has 0 spiro atoms. The predicted octanol–water partition coefficient (Wildman–Crippen LogP) is 1.77. The zero-order chi connectivity index (χ0) is 15.3. The Hall–Kier alpha value is -1.18. The van der Waals surface area contributed by atoms with Crippen molar-refractivity contribution in [3.8, 4) is 0 Å². The molecule has 1 aromatic carbocycles. The number of ether oxygens (including phenoxy) is 1. The standard InChI is InChI=1S/C12H15ClFNO4S/c1-8(7-19-2)6-15-12(16)10-4-3-9(5-11(10)14)20(13,17)18/h3-5,8H,6-7H2,1-2H3,(H,15,16). The van der Waals surface area contributed by atoms with E-state index in [1.807, 2.05) is 6.92 Å². The Labute approximate surface area is 121 Å². The van der Waals surface area contributed by atoms with Gasteiger partial charge in [0.15, 0.2) is 0 Å². The van der Waals surface area contributed by atoms with E-state index in [1.165, 1.54) is 0 Å². The van der Waals surface area contributed by atoms with Crippen LogP contribution >= 0.6 is 10.7 Å². The number of hydrogen-bond acceptors (Lipinski definition) is 4. The summed E-state index contributed by atoms with van der Waals surface area (Å²) in [7, 11) is 2.62. The molecule has 0 aliphatic rings. The second kappa shape index (κ2) is 7.01. The van der Waals surface area contributed by atoms with Crippen molar-refractivity contribution < 1.29 is 22.3 Å². The molecule has 0 bridgehead atoms. The van der Waals surface area contributed by atoms with Gasteiger partial charge >= 0.3 is 0 Å². The van der Waals surface area contributed by atoms with E-state index in [2.05, 4.69) is 5.32 Å². The van der Waals surface area contributed by atoms with E-state index in [-0.39, 0.29) is 16.4 Å². The predicted molar refractivity (Wildman–Crippen MR) is 72.8 cm³/mol. The van der Waals surface area contributed by atoms with Crippen LogP contribution in [-0.2, 0) is 13.8 Å². The largest absolute Gasteiger partial charge is 0.384 e. The summed E-state index contributed by atoms with van der Waals surface area (Å²) in [6.07, 6.45) is 0. The highest BCUT2D eigenvalue weighted by Gasteiger charge is 2.17. The zero-order valence-corrected chi connectivity index (χ0v) is 12.6. The van der Waals surface area contributed by atoms with Gasteiger partial charge in [-0.25, -0.2) is 12.8 Å². The fourth-order valence-corrected chi connectivity index (χ4v) is 2.30. The van der Waals surface area contributed by atoms with Gasteiger partial charge in [-0.1, -0.05) is 6.92 Å². The van der Waals surface area contributed by atoms with Crippen LogP contribution in [0.2, 0.25) is 0 Å². The maximum absolute atomic E-state index is 13.7. The lowest BCUT2D eigenvalue weighted by Gasteiger charge is -2.12. The summed E-state index contributed by atoms with van der Waals surface area (Å²) in [6, 6.07) is 2.88. The van der Waals surface area contributed by atoms with Crippen molar-refractivity contribution in [3.63, 3.8) is 0 Å². The first-order valence-electron chi connectivity index (χ1n) is 5.77. The van der Waals surface area contributed by atoms with Gasteiger partial charge in [-0.2, -0.15) is 0 Å². The lowest BCUT2D eigenvalue weighted by Crippen LogP contribution is -2.30. The first-order chi connectivity index (χ1) is 9.25. The van der Waals surface area contributed by atoms with Gasteiger partial charge in [0.2, 0.25) is 0 Å². The second-order valence-corrected chi connectivity index (χ2v) is 6.92. The fraction of sp³-hybridized carbons (Fsp3) is 0.417.